The van der Waals surface area contributed by atoms with Gasteiger partial charge in [-0.3, -0.25) is 4.57 Å². The summed E-state index contributed by atoms with van der Waals surface area (Å²) in [4.78, 5) is 12.1. The molecule has 1 rings (SSSR count). The Labute approximate surface area is 131 Å². The smallest absolute Gasteiger partial charge is 0.407 e. The van der Waals surface area contributed by atoms with Crippen molar-refractivity contribution in [3.8, 4) is 0 Å². The Morgan fingerprint density at radius 1 is 1.23 bits per heavy atom. The Balaban J connectivity index is 2.60. The van der Waals surface area contributed by atoms with Crippen molar-refractivity contribution >= 4 is 23.5 Å². The van der Waals surface area contributed by atoms with Gasteiger partial charge in [-0.1, -0.05) is 0 Å². The number of carbonyl (C=O) groups is 1. The molecule has 0 aliphatic carbocycles. The van der Waals surface area contributed by atoms with E-state index in [4.69, 9.17) is 14.2 Å². The Morgan fingerprint density at radius 3 is 2.14 bits per heavy atom. The van der Waals surface area contributed by atoms with E-state index in [1.165, 1.54) is 4.90 Å². The molecule has 0 unspecified atom stereocenters. The van der Waals surface area contributed by atoms with E-state index in [0.29, 0.717) is 25.9 Å². The highest BCUT2D eigenvalue weighted by Gasteiger charge is 2.34. The van der Waals surface area contributed by atoms with Crippen LogP contribution in [-0.4, -0.2) is 62.1 Å². The van der Waals surface area contributed by atoms with Crippen molar-refractivity contribution in [1.82, 2.24) is 4.90 Å². The van der Waals surface area contributed by atoms with Crippen LogP contribution < -0.4 is 0 Å². The third-order valence-corrected chi connectivity index (χ3v) is 8.50. The van der Waals surface area contributed by atoms with E-state index < -0.39 is 29.0 Å². The third kappa shape index (κ3) is 6.24. The van der Waals surface area contributed by atoms with Crippen LogP contribution in [0.15, 0.2) is 0 Å². The predicted molar refractivity (Wildman–Crippen MR) is 81.8 cm³/mol. The molecule has 1 aliphatic heterocycles. The molecule has 0 spiro atoms. The fourth-order valence-corrected chi connectivity index (χ4v) is 7.31. The van der Waals surface area contributed by atoms with Crippen molar-refractivity contribution in [1.29, 1.82) is 0 Å². The molecular weight excluding hydrogens is 333 g/mol. The molecule has 0 atom stereocenters. The molecule has 1 N–H and O–H groups in total. The largest absolute Gasteiger partial charge is 0.465 e. The summed E-state index contributed by atoms with van der Waals surface area (Å²) in [5.41, 5.74) is -0.624. The number of sulfone groups is 1. The van der Waals surface area contributed by atoms with Crippen LogP contribution >= 0.6 is 7.60 Å². The van der Waals surface area contributed by atoms with Crippen LogP contribution in [0.4, 0.5) is 4.79 Å². The minimum absolute atomic E-state index is 0.115. The molecule has 8 nitrogen and oxygen atoms in total. The fraction of sp³-hybridized carbons (Fsp3) is 0.917. The van der Waals surface area contributed by atoms with E-state index in [1.807, 2.05) is 0 Å². The maximum absolute atomic E-state index is 12.3. The summed E-state index contributed by atoms with van der Waals surface area (Å²) in [6.45, 7) is 4.13. The summed E-state index contributed by atoms with van der Waals surface area (Å²) in [6, 6.07) is 0. The summed E-state index contributed by atoms with van der Waals surface area (Å²) < 4.78 is 46.8. The first-order valence-electron chi connectivity index (χ1n) is 7.27. The highest BCUT2D eigenvalue weighted by molar-refractivity contribution is 7.97. The average molecular weight is 357 g/mol. The summed E-state index contributed by atoms with van der Waals surface area (Å²) in [5.74, 6) is -0.248. The van der Waals surface area contributed by atoms with E-state index >= 15 is 0 Å². The highest BCUT2D eigenvalue weighted by atomic mass is 32.2. The van der Waals surface area contributed by atoms with Gasteiger partial charge < -0.3 is 19.1 Å². The summed E-state index contributed by atoms with van der Waals surface area (Å²) in [7, 11) is -7.23. The van der Waals surface area contributed by atoms with E-state index in [9.17, 15) is 17.8 Å². The average Bonchev–Trinajstić information content (AvgIpc) is 2.38. The number of hydrogen-bond donors (Lipinski definition) is 1. The van der Waals surface area contributed by atoms with Gasteiger partial charge in [0.25, 0.3) is 0 Å². The number of amides is 1. The Hall–Kier alpha value is -0.630. The van der Waals surface area contributed by atoms with Crippen LogP contribution in [-0.2, 0) is 23.4 Å². The molecule has 0 radical (unpaired) electrons. The van der Waals surface area contributed by atoms with Crippen LogP contribution in [0.2, 0.25) is 0 Å². The number of rotatable bonds is 8. The fourth-order valence-electron chi connectivity index (χ4n) is 2.45. The monoisotopic (exact) mass is 357 g/mol. The molecule has 1 heterocycles. The standard InChI is InChI=1S/C12H24NO7PS/c1-3-19-21(16,20-4-2)10-22(17,18)9-11-5-7-13(8-6-11)12(14)15/h11H,3-10H2,1-2H3,(H,14,15). The second-order valence-corrected chi connectivity index (χ2v) is 9.79. The third-order valence-electron chi connectivity index (χ3n) is 3.38. The van der Waals surface area contributed by atoms with Crippen LogP contribution in [0.25, 0.3) is 0 Å². The van der Waals surface area contributed by atoms with Crippen molar-refractivity contribution in [3.63, 3.8) is 0 Å². The van der Waals surface area contributed by atoms with Gasteiger partial charge in [0, 0.05) is 13.1 Å². The van der Waals surface area contributed by atoms with Gasteiger partial charge >= 0.3 is 13.7 Å². The van der Waals surface area contributed by atoms with Crippen LogP contribution in [0.5, 0.6) is 0 Å². The van der Waals surface area contributed by atoms with Crippen molar-refractivity contribution in [2.24, 2.45) is 5.92 Å². The highest BCUT2D eigenvalue weighted by Crippen LogP contribution is 2.49. The van der Waals surface area contributed by atoms with Crippen LogP contribution in [0.3, 0.4) is 0 Å². The van der Waals surface area contributed by atoms with Crippen molar-refractivity contribution in [2.75, 3.05) is 37.6 Å². The van der Waals surface area contributed by atoms with E-state index in [2.05, 4.69) is 0 Å². The maximum atomic E-state index is 12.3. The first-order valence-corrected chi connectivity index (χ1v) is 10.8. The lowest BCUT2D eigenvalue weighted by Gasteiger charge is -2.30. The zero-order valence-corrected chi connectivity index (χ0v) is 14.6. The lowest BCUT2D eigenvalue weighted by atomic mass is 9.99. The Kier molecular flexibility index (Phi) is 7.31. The minimum atomic E-state index is -3.63. The van der Waals surface area contributed by atoms with Crippen molar-refractivity contribution in [2.45, 2.75) is 26.7 Å². The van der Waals surface area contributed by atoms with Crippen molar-refractivity contribution in [3.05, 3.63) is 0 Å². The quantitative estimate of drug-likeness (QED) is 0.662. The van der Waals surface area contributed by atoms with E-state index in [1.54, 1.807) is 13.8 Å². The van der Waals surface area contributed by atoms with Crippen LogP contribution in [0, 0.1) is 5.92 Å². The number of likely N-dealkylation sites (tertiary alicyclic amines) is 1. The number of carboxylic acid groups (broad SMARTS) is 1. The summed E-state index contributed by atoms with van der Waals surface area (Å²) in [6.07, 6.45) is -0.0171. The molecule has 10 heteroatoms. The Morgan fingerprint density at radius 2 is 1.73 bits per heavy atom. The van der Waals surface area contributed by atoms with Gasteiger partial charge in [0.05, 0.1) is 19.0 Å². The molecule has 130 valence electrons. The molecule has 1 amide bonds. The molecule has 0 aromatic rings. The molecule has 0 bridgehead atoms. The molecule has 22 heavy (non-hydrogen) atoms. The topological polar surface area (TPSA) is 110 Å². The van der Waals surface area contributed by atoms with Gasteiger partial charge in [-0.25, -0.2) is 13.2 Å². The zero-order chi connectivity index (χ0) is 16.8. The molecule has 0 aromatic heterocycles. The lowest BCUT2D eigenvalue weighted by molar-refractivity contribution is 0.127. The second-order valence-electron chi connectivity index (χ2n) is 5.20. The molecule has 1 aliphatic rings. The van der Waals surface area contributed by atoms with Crippen molar-refractivity contribution < 1.29 is 31.9 Å². The predicted octanol–water partition coefficient (Wildman–Crippen LogP) is 2.01. The minimum Gasteiger partial charge on any atom is -0.465 e. The van der Waals surface area contributed by atoms with Crippen LogP contribution in [0.1, 0.15) is 26.7 Å². The molecular formula is C12H24NO7PS. The lowest BCUT2D eigenvalue weighted by Crippen LogP contribution is -2.39. The zero-order valence-electron chi connectivity index (χ0n) is 12.9. The van der Waals surface area contributed by atoms with E-state index in [0.717, 1.165) is 0 Å². The first kappa shape index (κ1) is 19.4. The molecule has 1 saturated heterocycles. The van der Waals surface area contributed by atoms with Gasteiger partial charge in [-0.2, -0.15) is 0 Å². The number of nitrogens with zero attached hydrogens (tertiary/aromatic N) is 1. The maximum Gasteiger partial charge on any atom is 0.407 e. The second kappa shape index (κ2) is 8.29. The molecule has 0 saturated carbocycles. The summed E-state index contributed by atoms with van der Waals surface area (Å²) >= 11 is 0. The Bertz CT molecular complexity index is 504. The molecule has 0 aromatic carbocycles. The summed E-state index contributed by atoms with van der Waals surface area (Å²) in [5, 5.41) is 8.87. The first-order chi connectivity index (χ1) is 10.2. The van der Waals surface area contributed by atoms with Gasteiger partial charge in [0.2, 0.25) is 0 Å². The number of piperidine rings is 1. The number of hydrogen-bond acceptors (Lipinski definition) is 6. The van der Waals surface area contributed by atoms with Gasteiger partial charge in [0.1, 0.15) is 0 Å². The molecule has 1 fully saturated rings. The van der Waals surface area contributed by atoms with Gasteiger partial charge in [-0.15, -0.1) is 0 Å². The van der Waals surface area contributed by atoms with E-state index in [-0.39, 0.29) is 24.9 Å². The van der Waals surface area contributed by atoms with Gasteiger partial charge in [0.15, 0.2) is 15.3 Å². The SMILES string of the molecule is CCOP(=O)(CS(=O)(=O)CC1CCN(C(=O)O)CC1)OCC. The van der Waals surface area contributed by atoms with Gasteiger partial charge in [-0.05, 0) is 32.6 Å². The normalized spacial score (nSPS) is 17.6.